The minimum Gasteiger partial charge on any atom is -0.393 e. The highest BCUT2D eigenvalue weighted by atomic mass is 19.1. The second-order valence-electron chi connectivity index (χ2n) is 6.14. The molecule has 0 radical (unpaired) electrons. The Morgan fingerprint density at radius 3 is 2.76 bits per heavy atom. The molecule has 1 aliphatic carbocycles. The third-order valence-corrected chi connectivity index (χ3v) is 4.40. The number of hydrogen-bond donors (Lipinski definition) is 3. The molecule has 8 heteroatoms. The lowest BCUT2D eigenvalue weighted by Gasteiger charge is -2.30. The van der Waals surface area contributed by atoms with Crippen molar-refractivity contribution in [3.63, 3.8) is 0 Å². The summed E-state index contributed by atoms with van der Waals surface area (Å²) in [6, 6.07) is 7.58. The van der Waals surface area contributed by atoms with Crippen molar-refractivity contribution in [2.45, 2.75) is 31.4 Å². The van der Waals surface area contributed by atoms with Crippen LogP contribution in [0, 0.1) is 23.1 Å². The first-order chi connectivity index (χ1) is 12.0. The first kappa shape index (κ1) is 16.9. The van der Waals surface area contributed by atoms with Gasteiger partial charge in [0.2, 0.25) is 0 Å². The normalized spacial score (nSPS) is 23.0. The number of halogens is 1. The number of aliphatic hydroxyl groups is 1. The van der Waals surface area contributed by atoms with Crippen LogP contribution in [0.1, 0.15) is 35.7 Å². The number of benzene rings is 1. The maximum absolute atomic E-state index is 13.0. The highest BCUT2D eigenvalue weighted by molar-refractivity contribution is 5.98. The van der Waals surface area contributed by atoms with Crippen molar-refractivity contribution in [1.29, 1.82) is 5.26 Å². The fraction of sp³-hybridized carbons (Fsp3) is 0.353. The first-order valence-electron chi connectivity index (χ1n) is 7.97. The van der Waals surface area contributed by atoms with Gasteiger partial charge in [-0.3, -0.25) is 9.48 Å². The number of nitrogens with zero attached hydrogens (tertiary/aromatic N) is 3. The van der Waals surface area contributed by atoms with E-state index < -0.39 is 17.9 Å². The lowest BCUT2D eigenvalue weighted by atomic mass is 9.84. The molecule has 3 rings (SSSR count). The quantitative estimate of drug-likeness (QED) is 0.786. The van der Waals surface area contributed by atoms with Crippen molar-refractivity contribution < 1.29 is 14.3 Å². The molecule has 1 fully saturated rings. The number of carbonyl (C=O) groups is 1. The average molecular weight is 343 g/mol. The van der Waals surface area contributed by atoms with Crippen molar-refractivity contribution in [3.8, 4) is 6.07 Å². The molecule has 1 amide bonds. The molecular formula is C17H18FN5O2. The lowest BCUT2D eigenvalue weighted by molar-refractivity contribution is 0.0861. The fourth-order valence-corrected chi connectivity index (χ4v) is 3.09. The van der Waals surface area contributed by atoms with Crippen LogP contribution in [-0.2, 0) is 0 Å². The molecule has 0 unspecified atom stereocenters. The van der Waals surface area contributed by atoms with Crippen LogP contribution in [0.25, 0.3) is 0 Å². The van der Waals surface area contributed by atoms with Gasteiger partial charge in [-0.2, -0.15) is 10.4 Å². The summed E-state index contributed by atoms with van der Waals surface area (Å²) in [5.74, 6) is -1.17. The largest absolute Gasteiger partial charge is 0.393 e. The second kappa shape index (κ2) is 6.91. The average Bonchev–Trinajstić information content (AvgIpc) is 3.00. The van der Waals surface area contributed by atoms with Crippen LogP contribution in [-0.4, -0.2) is 26.9 Å². The van der Waals surface area contributed by atoms with Gasteiger partial charge in [-0.15, -0.1) is 0 Å². The van der Waals surface area contributed by atoms with Gasteiger partial charge in [0.25, 0.3) is 5.91 Å². The molecule has 3 atom stereocenters. The van der Waals surface area contributed by atoms with E-state index in [2.05, 4.69) is 16.5 Å². The Labute approximate surface area is 143 Å². The Bertz CT molecular complexity index is 811. The van der Waals surface area contributed by atoms with Crippen LogP contribution >= 0.6 is 0 Å². The zero-order chi connectivity index (χ0) is 18.0. The molecule has 1 aromatic heterocycles. The van der Waals surface area contributed by atoms with Crippen LogP contribution in [0.5, 0.6) is 0 Å². The van der Waals surface area contributed by atoms with Crippen LogP contribution < -0.4 is 11.1 Å². The topological polar surface area (TPSA) is 117 Å². The van der Waals surface area contributed by atoms with Gasteiger partial charge in [0.15, 0.2) is 5.82 Å². The van der Waals surface area contributed by atoms with Gasteiger partial charge in [-0.1, -0.05) is 0 Å². The van der Waals surface area contributed by atoms with Crippen molar-refractivity contribution in [3.05, 3.63) is 41.8 Å². The van der Waals surface area contributed by atoms with E-state index in [1.54, 1.807) is 4.68 Å². The van der Waals surface area contributed by atoms with Gasteiger partial charge in [-0.05, 0) is 43.5 Å². The van der Waals surface area contributed by atoms with Gasteiger partial charge in [0.1, 0.15) is 11.4 Å². The molecule has 1 saturated carbocycles. The molecule has 4 N–H and O–H groups in total. The van der Waals surface area contributed by atoms with E-state index in [9.17, 15) is 19.6 Å². The molecule has 0 aliphatic heterocycles. The second-order valence-corrected chi connectivity index (χ2v) is 6.14. The monoisotopic (exact) mass is 343 g/mol. The zero-order valence-corrected chi connectivity index (χ0v) is 13.4. The van der Waals surface area contributed by atoms with E-state index in [4.69, 9.17) is 5.73 Å². The van der Waals surface area contributed by atoms with E-state index >= 15 is 0 Å². The standard InChI is InChI=1S/C17H18FN5O2/c18-11-1-3-12(4-2-11)21-17-14(16(20)25)9-23(22-17)15-6-5-13(24)7-10(15)8-19/h1-4,9-10,13,15,24H,5-7H2,(H2,20,25)(H,21,22)/t10-,13+,15+/m1/s1. The number of nitrogens with one attached hydrogen (secondary N) is 1. The third kappa shape index (κ3) is 3.61. The number of primary amides is 1. The van der Waals surface area contributed by atoms with E-state index in [-0.39, 0.29) is 23.2 Å². The predicted molar refractivity (Wildman–Crippen MR) is 88.4 cm³/mol. The molecule has 7 nitrogen and oxygen atoms in total. The molecule has 130 valence electrons. The minimum absolute atomic E-state index is 0.187. The summed E-state index contributed by atoms with van der Waals surface area (Å²) in [5.41, 5.74) is 6.17. The minimum atomic E-state index is -0.653. The highest BCUT2D eigenvalue weighted by Crippen LogP contribution is 2.34. The van der Waals surface area contributed by atoms with Crippen molar-refractivity contribution in [2.75, 3.05) is 5.32 Å². The molecule has 1 aromatic carbocycles. The number of carbonyl (C=O) groups excluding carboxylic acids is 1. The predicted octanol–water partition coefficient (Wildman–Crippen LogP) is 2.09. The number of hydrogen-bond acceptors (Lipinski definition) is 5. The van der Waals surface area contributed by atoms with Crippen molar-refractivity contribution in [2.24, 2.45) is 11.7 Å². The Balaban J connectivity index is 1.90. The molecule has 0 spiro atoms. The van der Waals surface area contributed by atoms with Gasteiger partial charge >= 0.3 is 0 Å². The van der Waals surface area contributed by atoms with E-state index in [1.807, 2.05) is 0 Å². The summed E-state index contributed by atoms with van der Waals surface area (Å²) in [7, 11) is 0. The number of amides is 1. The van der Waals surface area contributed by atoms with Gasteiger partial charge < -0.3 is 16.2 Å². The van der Waals surface area contributed by atoms with E-state index in [0.717, 1.165) is 0 Å². The number of aliphatic hydroxyl groups excluding tert-OH is 1. The lowest BCUT2D eigenvalue weighted by Crippen LogP contribution is -2.29. The summed E-state index contributed by atoms with van der Waals surface area (Å²) in [4.78, 5) is 11.7. The SMILES string of the molecule is N#C[C@H]1C[C@@H](O)CC[C@@H]1n1cc(C(N)=O)c(Nc2ccc(F)cc2)n1. The summed E-state index contributed by atoms with van der Waals surface area (Å²) >= 11 is 0. The van der Waals surface area contributed by atoms with Crippen molar-refractivity contribution in [1.82, 2.24) is 9.78 Å². The van der Waals surface area contributed by atoms with Crippen LogP contribution in [0.15, 0.2) is 30.5 Å². The maximum Gasteiger partial charge on any atom is 0.254 e. The Morgan fingerprint density at radius 2 is 2.12 bits per heavy atom. The van der Waals surface area contributed by atoms with Gasteiger partial charge in [-0.25, -0.2) is 4.39 Å². The maximum atomic E-state index is 13.0. The number of anilines is 2. The highest BCUT2D eigenvalue weighted by Gasteiger charge is 2.32. The van der Waals surface area contributed by atoms with E-state index in [0.29, 0.717) is 24.9 Å². The number of rotatable bonds is 4. The third-order valence-electron chi connectivity index (χ3n) is 4.40. The number of nitrogens with two attached hydrogens (primary N) is 1. The van der Waals surface area contributed by atoms with Crippen LogP contribution in [0.3, 0.4) is 0 Å². The summed E-state index contributed by atoms with van der Waals surface area (Å²) < 4.78 is 14.6. The summed E-state index contributed by atoms with van der Waals surface area (Å²) in [6.07, 6.45) is 2.53. The van der Waals surface area contributed by atoms with E-state index in [1.165, 1.54) is 30.5 Å². The van der Waals surface area contributed by atoms with Crippen LogP contribution in [0.2, 0.25) is 0 Å². The molecule has 0 saturated heterocycles. The first-order valence-corrected chi connectivity index (χ1v) is 7.97. The number of nitriles is 1. The zero-order valence-electron chi connectivity index (χ0n) is 13.4. The van der Waals surface area contributed by atoms with Gasteiger partial charge in [0.05, 0.1) is 24.1 Å². The fourth-order valence-electron chi connectivity index (χ4n) is 3.09. The molecule has 1 heterocycles. The number of aromatic nitrogens is 2. The molecule has 0 bridgehead atoms. The Kier molecular flexibility index (Phi) is 4.67. The van der Waals surface area contributed by atoms with Crippen molar-refractivity contribution >= 4 is 17.4 Å². The van der Waals surface area contributed by atoms with Crippen LogP contribution in [0.4, 0.5) is 15.9 Å². The summed E-state index contributed by atoms with van der Waals surface area (Å²) in [5, 5.41) is 26.4. The summed E-state index contributed by atoms with van der Waals surface area (Å²) in [6.45, 7) is 0. The molecule has 2 aromatic rings. The molecule has 1 aliphatic rings. The van der Waals surface area contributed by atoms with Gasteiger partial charge in [0, 0.05) is 11.9 Å². The molecule has 25 heavy (non-hydrogen) atoms. The smallest absolute Gasteiger partial charge is 0.254 e. The molecular weight excluding hydrogens is 325 g/mol. The Hall–Kier alpha value is -2.92. The Morgan fingerprint density at radius 1 is 1.40 bits per heavy atom.